The molecule has 0 saturated carbocycles. The molecule has 0 aliphatic heterocycles. The van der Waals surface area contributed by atoms with E-state index in [1.807, 2.05) is 11.5 Å². The van der Waals surface area contributed by atoms with Crippen molar-refractivity contribution in [2.24, 2.45) is 0 Å². The van der Waals surface area contributed by atoms with Crippen molar-refractivity contribution in [3.63, 3.8) is 0 Å². The number of amides is 2. The van der Waals surface area contributed by atoms with E-state index >= 15 is 0 Å². The van der Waals surface area contributed by atoms with Crippen molar-refractivity contribution in [3.05, 3.63) is 18.7 Å². The number of imidazole rings is 1. The number of carboxylic acid groups (broad SMARTS) is 1. The minimum atomic E-state index is -1.12. The highest BCUT2D eigenvalue weighted by Gasteiger charge is 2.17. The van der Waals surface area contributed by atoms with E-state index in [-0.39, 0.29) is 12.6 Å². The molecule has 106 valence electrons. The van der Waals surface area contributed by atoms with Crippen LogP contribution in [0.1, 0.15) is 6.92 Å². The summed E-state index contributed by atoms with van der Waals surface area (Å²) in [5, 5.41) is 13.9. The molecule has 3 N–H and O–H groups in total. The second-order valence-corrected chi connectivity index (χ2v) is 4.08. The maximum Gasteiger partial charge on any atom is 0.334 e. The van der Waals surface area contributed by atoms with Crippen molar-refractivity contribution in [3.8, 4) is 0 Å². The SMILES string of the molecule is COC(CNC(=O)NC(C)Cn1ccnc1)C(=O)O. The van der Waals surface area contributed by atoms with Crippen LogP contribution in [0.5, 0.6) is 0 Å². The smallest absolute Gasteiger partial charge is 0.334 e. The lowest BCUT2D eigenvalue weighted by molar-refractivity contribution is -0.147. The Morgan fingerprint density at radius 2 is 2.26 bits per heavy atom. The predicted octanol–water partition coefficient (Wildman–Crippen LogP) is -0.330. The highest BCUT2D eigenvalue weighted by atomic mass is 16.5. The lowest BCUT2D eigenvalue weighted by Crippen LogP contribution is -2.46. The summed E-state index contributed by atoms with van der Waals surface area (Å²) in [6.45, 7) is 2.33. The number of aromatic nitrogens is 2. The third kappa shape index (κ3) is 5.38. The third-order valence-corrected chi connectivity index (χ3v) is 2.43. The van der Waals surface area contributed by atoms with Gasteiger partial charge in [-0.2, -0.15) is 0 Å². The van der Waals surface area contributed by atoms with Crippen LogP contribution in [-0.4, -0.2) is 52.5 Å². The number of aliphatic carboxylic acids is 1. The number of hydrogen-bond donors (Lipinski definition) is 3. The van der Waals surface area contributed by atoms with Crippen molar-refractivity contribution in [1.29, 1.82) is 0 Å². The van der Waals surface area contributed by atoms with E-state index in [1.54, 1.807) is 18.7 Å². The maximum absolute atomic E-state index is 11.5. The fraction of sp³-hybridized carbons (Fsp3) is 0.545. The van der Waals surface area contributed by atoms with Gasteiger partial charge in [0.25, 0.3) is 0 Å². The zero-order chi connectivity index (χ0) is 14.3. The van der Waals surface area contributed by atoms with Crippen molar-refractivity contribution in [1.82, 2.24) is 20.2 Å². The lowest BCUT2D eigenvalue weighted by Gasteiger charge is -2.16. The number of carboxylic acids is 1. The minimum Gasteiger partial charge on any atom is -0.479 e. The molecule has 0 fully saturated rings. The highest BCUT2D eigenvalue weighted by Crippen LogP contribution is 1.92. The van der Waals surface area contributed by atoms with Crippen LogP contribution in [0.25, 0.3) is 0 Å². The Morgan fingerprint density at radius 1 is 1.53 bits per heavy atom. The van der Waals surface area contributed by atoms with Crippen LogP contribution in [-0.2, 0) is 16.1 Å². The fourth-order valence-electron chi connectivity index (χ4n) is 1.49. The van der Waals surface area contributed by atoms with Crippen molar-refractivity contribution < 1.29 is 19.4 Å². The van der Waals surface area contributed by atoms with Crippen LogP contribution in [0.2, 0.25) is 0 Å². The quantitative estimate of drug-likeness (QED) is 0.629. The van der Waals surface area contributed by atoms with Crippen LogP contribution in [0.3, 0.4) is 0 Å². The summed E-state index contributed by atoms with van der Waals surface area (Å²) >= 11 is 0. The van der Waals surface area contributed by atoms with Gasteiger partial charge in [-0.05, 0) is 6.92 Å². The van der Waals surface area contributed by atoms with E-state index in [1.165, 1.54) is 7.11 Å². The van der Waals surface area contributed by atoms with Gasteiger partial charge in [-0.3, -0.25) is 0 Å². The van der Waals surface area contributed by atoms with Crippen molar-refractivity contribution in [2.45, 2.75) is 25.6 Å². The molecule has 0 radical (unpaired) electrons. The van der Waals surface area contributed by atoms with Crippen LogP contribution < -0.4 is 10.6 Å². The first-order valence-corrected chi connectivity index (χ1v) is 5.78. The van der Waals surface area contributed by atoms with Crippen LogP contribution in [0, 0.1) is 0 Å². The molecule has 1 heterocycles. The van der Waals surface area contributed by atoms with E-state index in [0.717, 1.165) is 0 Å². The second kappa shape index (κ2) is 7.37. The summed E-state index contributed by atoms with van der Waals surface area (Å²) in [7, 11) is 1.28. The van der Waals surface area contributed by atoms with Crippen molar-refractivity contribution >= 4 is 12.0 Å². The monoisotopic (exact) mass is 270 g/mol. The molecule has 2 atom stereocenters. The lowest BCUT2D eigenvalue weighted by atomic mass is 10.3. The van der Waals surface area contributed by atoms with E-state index in [2.05, 4.69) is 15.6 Å². The van der Waals surface area contributed by atoms with Gasteiger partial charge >= 0.3 is 12.0 Å². The Balaban J connectivity index is 2.28. The van der Waals surface area contributed by atoms with Gasteiger partial charge in [-0.1, -0.05) is 0 Å². The second-order valence-electron chi connectivity index (χ2n) is 4.08. The summed E-state index contributed by atoms with van der Waals surface area (Å²) in [6, 6.07) is -0.545. The molecular formula is C11H18N4O4. The normalized spacial score (nSPS) is 13.6. The van der Waals surface area contributed by atoms with Gasteiger partial charge < -0.3 is 25.0 Å². The maximum atomic E-state index is 11.5. The van der Waals surface area contributed by atoms with Gasteiger partial charge in [0.2, 0.25) is 0 Å². The molecule has 0 aliphatic rings. The number of rotatable bonds is 7. The first-order chi connectivity index (χ1) is 9.02. The van der Waals surface area contributed by atoms with E-state index < -0.39 is 18.1 Å². The van der Waals surface area contributed by atoms with Crippen LogP contribution >= 0.6 is 0 Å². The summed E-state index contributed by atoms with van der Waals surface area (Å²) in [5.41, 5.74) is 0. The van der Waals surface area contributed by atoms with Gasteiger partial charge in [0.05, 0.1) is 12.9 Å². The number of nitrogens with zero attached hydrogens (tertiary/aromatic N) is 2. The van der Waals surface area contributed by atoms with Crippen molar-refractivity contribution in [2.75, 3.05) is 13.7 Å². The molecule has 2 amide bonds. The number of ether oxygens (including phenoxy) is 1. The molecular weight excluding hydrogens is 252 g/mol. The summed E-state index contributed by atoms with van der Waals surface area (Å²) in [6.07, 6.45) is 4.06. The summed E-state index contributed by atoms with van der Waals surface area (Å²) in [5.74, 6) is -1.12. The molecule has 0 aliphatic carbocycles. The molecule has 1 rings (SSSR count). The fourth-order valence-corrected chi connectivity index (χ4v) is 1.49. The largest absolute Gasteiger partial charge is 0.479 e. The molecule has 8 nitrogen and oxygen atoms in total. The molecule has 0 saturated heterocycles. The van der Waals surface area contributed by atoms with Gasteiger partial charge in [0.1, 0.15) is 0 Å². The minimum absolute atomic E-state index is 0.0878. The topological polar surface area (TPSA) is 105 Å². The number of carbonyl (C=O) groups excluding carboxylic acids is 1. The molecule has 0 spiro atoms. The predicted molar refractivity (Wildman–Crippen MR) is 66.7 cm³/mol. The van der Waals surface area contributed by atoms with Crippen LogP contribution in [0.15, 0.2) is 18.7 Å². The van der Waals surface area contributed by atoms with E-state index in [4.69, 9.17) is 9.84 Å². The number of hydrogen-bond acceptors (Lipinski definition) is 4. The average molecular weight is 270 g/mol. The molecule has 19 heavy (non-hydrogen) atoms. The zero-order valence-electron chi connectivity index (χ0n) is 10.9. The van der Waals surface area contributed by atoms with Gasteiger partial charge in [0.15, 0.2) is 6.10 Å². The van der Waals surface area contributed by atoms with Gasteiger partial charge in [0, 0.05) is 32.1 Å². The van der Waals surface area contributed by atoms with Gasteiger partial charge in [-0.25, -0.2) is 14.6 Å². The van der Waals surface area contributed by atoms with E-state index in [9.17, 15) is 9.59 Å². The standard InChI is InChI=1S/C11H18N4O4/c1-8(6-15-4-3-12-7-15)14-11(18)13-5-9(19-2)10(16)17/h3-4,7-9H,5-6H2,1-2H3,(H,16,17)(H2,13,14,18). The Kier molecular flexibility index (Phi) is 5.80. The zero-order valence-corrected chi connectivity index (χ0v) is 10.9. The number of methoxy groups -OCH3 is 1. The third-order valence-electron chi connectivity index (χ3n) is 2.43. The first-order valence-electron chi connectivity index (χ1n) is 5.78. The average Bonchev–Trinajstić information content (AvgIpc) is 2.81. The molecule has 2 unspecified atom stereocenters. The Morgan fingerprint density at radius 3 is 2.79 bits per heavy atom. The number of urea groups is 1. The highest BCUT2D eigenvalue weighted by molar-refractivity contribution is 5.76. The van der Waals surface area contributed by atoms with E-state index in [0.29, 0.717) is 6.54 Å². The van der Waals surface area contributed by atoms with Crippen LogP contribution in [0.4, 0.5) is 4.79 Å². The Bertz CT molecular complexity index is 407. The Labute approximate surface area is 110 Å². The Hall–Kier alpha value is -2.09. The molecule has 1 aromatic rings. The molecule has 8 heteroatoms. The summed E-state index contributed by atoms with van der Waals surface area (Å²) in [4.78, 5) is 26.1. The molecule has 0 bridgehead atoms. The first kappa shape index (κ1) is 15.0. The number of carbonyl (C=O) groups is 2. The molecule has 0 aromatic carbocycles. The summed E-state index contributed by atoms with van der Waals surface area (Å²) < 4.78 is 6.53. The number of nitrogens with one attached hydrogen (secondary N) is 2. The molecule has 1 aromatic heterocycles. The van der Waals surface area contributed by atoms with Gasteiger partial charge in [-0.15, -0.1) is 0 Å².